The SMILES string of the molecule is CC[NH+](Cc1ccc(C[NH+]2CCN(c3ncccc3C(=O)OC(C)C)CC2)cc1)Cc1c(F)cccc1Cl.CC[NH+](Cc1ccc(C[NH+]2CCN(c3ncccc3C(=O)OC(C)C)CC2)cc1)Cc1c(F)cccc1Cl.O=C([O-])/C=C\C(=O)[O-].O=C([O-])/C=C\C(=O)[O-]. The Bertz CT molecular complexity index is 3140. The molecule has 2 fully saturated rings. The summed E-state index contributed by atoms with van der Waals surface area (Å²) >= 11 is 12.5. The molecule has 0 aliphatic carbocycles. The van der Waals surface area contributed by atoms with Crippen LogP contribution in [-0.4, -0.2) is 123 Å². The van der Waals surface area contributed by atoms with Gasteiger partial charge >= 0.3 is 11.9 Å². The number of hydrogen-bond donors (Lipinski definition) is 4. The average molecular weight is 1310 g/mol. The van der Waals surface area contributed by atoms with E-state index in [1.807, 2.05) is 27.7 Å². The summed E-state index contributed by atoms with van der Waals surface area (Å²) < 4.78 is 39.3. The van der Waals surface area contributed by atoms with Crippen LogP contribution in [0.1, 0.15) is 95.6 Å². The van der Waals surface area contributed by atoms with E-state index >= 15 is 0 Å². The molecule has 0 spiro atoms. The second-order valence-corrected chi connectivity index (χ2v) is 23.2. The third-order valence-electron chi connectivity index (χ3n) is 14.8. The van der Waals surface area contributed by atoms with Crippen molar-refractivity contribution < 1.29 is 87.0 Å². The van der Waals surface area contributed by atoms with Gasteiger partial charge in [-0.05, 0) is 114 Å². The Hall–Kier alpha value is -8.64. The molecule has 0 radical (unpaired) electrons. The molecule has 6 aromatic rings. The van der Waals surface area contributed by atoms with Crippen LogP contribution in [0.4, 0.5) is 20.4 Å². The summed E-state index contributed by atoms with van der Waals surface area (Å²) in [6.07, 6.45) is 4.67. The van der Waals surface area contributed by atoms with E-state index in [0.717, 1.165) is 91.6 Å². The molecular weight excluding hydrogens is 1230 g/mol. The fraction of sp³-hybridized carbons (Fsp3) is 0.353. The summed E-state index contributed by atoms with van der Waals surface area (Å²) in [5.74, 6) is -5.89. The highest BCUT2D eigenvalue weighted by Crippen LogP contribution is 2.22. The van der Waals surface area contributed by atoms with Crippen molar-refractivity contribution in [3.8, 4) is 0 Å². The lowest BCUT2D eigenvalue weighted by molar-refractivity contribution is -0.926. The number of carboxylic acid groups (broad SMARTS) is 4. The number of nitrogens with one attached hydrogen (secondary N) is 4. The number of pyridine rings is 2. The summed E-state index contributed by atoms with van der Waals surface area (Å²) in [5.41, 5.74) is 7.28. The van der Waals surface area contributed by atoms with Crippen LogP contribution < -0.4 is 49.8 Å². The largest absolute Gasteiger partial charge is 0.545 e. The van der Waals surface area contributed by atoms with E-state index in [1.165, 1.54) is 54.0 Å². The Labute approximate surface area is 545 Å². The van der Waals surface area contributed by atoms with Gasteiger partial charge in [-0.1, -0.05) is 83.9 Å². The molecule has 0 bridgehead atoms. The first-order chi connectivity index (χ1) is 43.9. The summed E-state index contributed by atoms with van der Waals surface area (Å²) in [6.45, 7) is 25.3. The van der Waals surface area contributed by atoms with Crippen molar-refractivity contribution in [3.63, 3.8) is 0 Å². The number of aromatic nitrogens is 2. The smallest absolute Gasteiger partial charge is 0.342 e. The normalized spacial score (nSPS) is 14.1. The maximum absolute atomic E-state index is 14.3. The molecule has 2 atom stereocenters. The topological polar surface area (TPSA) is 263 Å². The Morgan fingerprint density at radius 2 is 0.815 bits per heavy atom. The predicted molar refractivity (Wildman–Crippen MR) is 335 cm³/mol. The number of ether oxygens (including phenoxy) is 2. The van der Waals surface area contributed by atoms with Crippen molar-refractivity contribution in [2.24, 2.45) is 0 Å². The Morgan fingerprint density at radius 3 is 1.10 bits per heavy atom. The van der Waals surface area contributed by atoms with E-state index in [9.17, 15) is 58.0 Å². The van der Waals surface area contributed by atoms with E-state index in [1.54, 1.807) is 60.9 Å². The number of aliphatic carboxylic acids is 4. The molecule has 0 saturated carbocycles. The Kier molecular flexibility index (Phi) is 30.8. The van der Waals surface area contributed by atoms with Gasteiger partial charge in [-0.15, -0.1) is 0 Å². The fourth-order valence-electron chi connectivity index (χ4n) is 10.1. The first-order valence-electron chi connectivity index (χ1n) is 30.3. The number of hydrogen-bond acceptors (Lipinski definition) is 16. The zero-order valence-electron chi connectivity index (χ0n) is 52.5. The monoisotopic (exact) mass is 1310 g/mol. The number of halogens is 4. The number of benzene rings is 4. The quantitative estimate of drug-likeness (QED) is 0.0459. The van der Waals surface area contributed by atoms with Crippen LogP contribution in [0.25, 0.3) is 0 Å². The number of anilines is 2. The molecule has 24 heteroatoms. The third kappa shape index (κ3) is 25.6. The molecule has 2 unspecified atom stereocenters. The highest BCUT2D eigenvalue weighted by atomic mass is 35.5. The van der Waals surface area contributed by atoms with Gasteiger partial charge in [-0.3, -0.25) is 0 Å². The maximum atomic E-state index is 14.3. The molecule has 2 aliphatic heterocycles. The standard InChI is InChI=1S/2C30H36ClFN4O2.2C4H4O4/c2*1-4-34(21-26-27(31)8-5-9-28(26)32)19-23-10-12-24(13-11-23)20-35-15-17-36(18-16-35)29-25(7-6-14-33-29)30(37)38-22(2)3;2*5-3(6)1-2-4(7)8/h2*5-14,22H,4,15-21H2,1-3H3;2*1-2H,(H,5,6)(H,7,8)/b;;2*2-1-. The first kappa shape index (κ1) is 74.1. The second-order valence-electron chi connectivity index (χ2n) is 22.4. The minimum atomic E-state index is -1.55. The molecule has 8 rings (SSSR count). The molecule has 2 aromatic heterocycles. The van der Waals surface area contributed by atoms with Crippen LogP contribution in [0.5, 0.6) is 0 Å². The Balaban J connectivity index is 0.000000270. The van der Waals surface area contributed by atoms with Crippen molar-refractivity contribution in [1.82, 2.24) is 9.97 Å². The van der Waals surface area contributed by atoms with Crippen LogP contribution in [0.3, 0.4) is 0 Å². The molecule has 492 valence electrons. The molecule has 4 heterocycles. The van der Waals surface area contributed by atoms with Gasteiger partial charge in [0.1, 0.15) is 73.7 Å². The van der Waals surface area contributed by atoms with Gasteiger partial charge in [-0.25, -0.2) is 28.3 Å². The van der Waals surface area contributed by atoms with Crippen molar-refractivity contribution in [2.75, 3.05) is 75.2 Å². The van der Waals surface area contributed by atoms with Gasteiger partial charge in [-0.2, -0.15) is 0 Å². The number of carboxylic acids is 4. The lowest BCUT2D eigenvalue weighted by atomic mass is 10.1. The van der Waals surface area contributed by atoms with Crippen LogP contribution in [0.15, 0.2) is 146 Å². The van der Waals surface area contributed by atoms with E-state index in [0.29, 0.717) is 81.3 Å². The minimum absolute atomic E-state index is 0.167. The van der Waals surface area contributed by atoms with Gasteiger partial charge in [0.05, 0.1) is 123 Å². The van der Waals surface area contributed by atoms with Crippen molar-refractivity contribution in [2.45, 2.75) is 93.0 Å². The maximum Gasteiger partial charge on any atom is 0.342 e. The van der Waals surface area contributed by atoms with Gasteiger partial charge in [0.15, 0.2) is 0 Å². The summed E-state index contributed by atoms with van der Waals surface area (Å²) in [4.78, 5) is 81.7. The van der Waals surface area contributed by atoms with Gasteiger partial charge in [0, 0.05) is 34.6 Å². The summed E-state index contributed by atoms with van der Waals surface area (Å²) in [5, 5.41) is 38.6. The van der Waals surface area contributed by atoms with Crippen molar-refractivity contribution in [1.29, 1.82) is 0 Å². The van der Waals surface area contributed by atoms with E-state index in [-0.39, 0.29) is 35.8 Å². The third-order valence-corrected chi connectivity index (χ3v) is 15.5. The van der Waals surface area contributed by atoms with Gasteiger partial charge in [0.25, 0.3) is 0 Å². The number of rotatable bonds is 24. The Morgan fingerprint density at radius 1 is 0.500 bits per heavy atom. The molecule has 2 aliphatic rings. The van der Waals surface area contributed by atoms with Gasteiger partial charge < -0.3 is 78.5 Å². The average Bonchev–Trinajstić information content (AvgIpc) is 0.965. The van der Waals surface area contributed by atoms with Crippen LogP contribution in [-0.2, 0) is 67.9 Å². The molecule has 20 nitrogen and oxygen atoms in total. The van der Waals surface area contributed by atoms with Crippen LogP contribution >= 0.6 is 23.2 Å². The number of nitrogens with zero attached hydrogens (tertiary/aromatic N) is 4. The highest BCUT2D eigenvalue weighted by molar-refractivity contribution is 6.31. The van der Waals surface area contributed by atoms with E-state index in [4.69, 9.17) is 32.7 Å². The molecule has 2 saturated heterocycles. The minimum Gasteiger partial charge on any atom is -0.545 e. The first-order valence-corrected chi connectivity index (χ1v) is 31.1. The highest BCUT2D eigenvalue weighted by Gasteiger charge is 2.28. The molecule has 4 N–H and O–H groups in total. The molecule has 92 heavy (non-hydrogen) atoms. The molecular formula is C68H80Cl2F2N8O12. The van der Waals surface area contributed by atoms with Crippen LogP contribution in [0.2, 0.25) is 10.0 Å². The molecule has 0 amide bonds. The predicted octanol–water partition coefficient (Wildman–Crippen LogP) is -0.0164. The zero-order chi connectivity index (χ0) is 67.3. The number of carbonyl (C=O) groups excluding carboxylic acids is 6. The number of quaternary nitrogens is 4. The lowest BCUT2D eigenvalue weighted by Crippen LogP contribution is -3.13. The number of esters is 2. The van der Waals surface area contributed by atoms with Gasteiger partial charge in [0.2, 0.25) is 0 Å². The zero-order valence-corrected chi connectivity index (χ0v) is 54.0. The summed E-state index contributed by atoms with van der Waals surface area (Å²) in [6, 6.07) is 34.4. The number of piperazine rings is 2. The van der Waals surface area contributed by atoms with E-state index in [2.05, 4.69) is 82.1 Å². The molecule has 4 aromatic carbocycles. The summed E-state index contributed by atoms with van der Waals surface area (Å²) in [7, 11) is 0. The number of carbonyl (C=O) groups is 6. The van der Waals surface area contributed by atoms with Crippen molar-refractivity contribution in [3.05, 3.63) is 212 Å². The van der Waals surface area contributed by atoms with E-state index < -0.39 is 23.9 Å². The fourth-order valence-corrected chi connectivity index (χ4v) is 10.6. The van der Waals surface area contributed by atoms with Crippen molar-refractivity contribution >= 4 is 70.7 Å². The second kappa shape index (κ2) is 38.3. The van der Waals surface area contributed by atoms with Crippen LogP contribution in [0, 0.1) is 11.6 Å². The lowest BCUT2D eigenvalue weighted by Gasteiger charge is -2.33.